The first-order valence-corrected chi connectivity index (χ1v) is 9.14. The molecule has 8 nitrogen and oxygen atoms in total. The summed E-state index contributed by atoms with van der Waals surface area (Å²) >= 11 is 0. The third-order valence-electron chi connectivity index (χ3n) is 4.37. The van der Waals surface area contributed by atoms with Gasteiger partial charge in [0.05, 0.1) is 11.4 Å². The second-order valence-corrected chi connectivity index (χ2v) is 6.74. The monoisotopic (exact) mass is 430 g/mol. The van der Waals surface area contributed by atoms with E-state index in [4.69, 9.17) is 0 Å². The molecule has 1 aromatic carbocycles. The van der Waals surface area contributed by atoms with Crippen LogP contribution in [0.25, 0.3) is 16.9 Å². The van der Waals surface area contributed by atoms with Crippen LogP contribution in [0.5, 0.6) is 5.75 Å². The van der Waals surface area contributed by atoms with Crippen LogP contribution in [0.3, 0.4) is 0 Å². The quantitative estimate of drug-likeness (QED) is 0.589. The number of hydrogen-bond acceptors (Lipinski definition) is 6. The number of allylic oxidation sites excluding steroid dienone is 3. The molecule has 0 saturated carbocycles. The minimum atomic E-state index is -4.80. The van der Waals surface area contributed by atoms with Crippen molar-refractivity contribution in [1.29, 1.82) is 0 Å². The Morgan fingerprint density at radius 3 is 2.65 bits per heavy atom. The minimum Gasteiger partial charge on any atom is -0.406 e. The molecule has 3 aromatic rings. The Bertz CT molecular complexity index is 1230. The van der Waals surface area contributed by atoms with Crippen LogP contribution in [-0.2, 0) is 0 Å². The van der Waals surface area contributed by atoms with E-state index >= 15 is 0 Å². The van der Waals surface area contributed by atoms with Crippen LogP contribution in [-0.4, -0.2) is 26.9 Å². The summed E-state index contributed by atoms with van der Waals surface area (Å²) in [6.45, 7) is 3.53. The molecule has 0 spiro atoms. The van der Waals surface area contributed by atoms with Gasteiger partial charge in [0.2, 0.25) is 0 Å². The zero-order chi connectivity index (χ0) is 22.2. The molecular formula is C20H17F3N6O2. The number of nitrogens with one attached hydrogen (secondary N) is 3. The fraction of sp³-hybridized carbons (Fsp3) is 0.150. The Balaban J connectivity index is 1.68. The SMILES string of the molecule is CC1=CC=C(NC(=O)c2c(C)nc3ccc(-c4cccc(OC(F)(F)F)c4)nn23)NN1. The van der Waals surface area contributed by atoms with Crippen molar-refractivity contribution in [3.63, 3.8) is 0 Å². The van der Waals surface area contributed by atoms with E-state index in [9.17, 15) is 18.0 Å². The number of alkyl halides is 3. The number of carbonyl (C=O) groups is 1. The molecule has 0 aliphatic carbocycles. The van der Waals surface area contributed by atoms with Crippen molar-refractivity contribution in [1.82, 2.24) is 30.8 Å². The lowest BCUT2D eigenvalue weighted by Gasteiger charge is -2.17. The molecule has 3 N–H and O–H groups in total. The molecular weight excluding hydrogens is 413 g/mol. The highest BCUT2D eigenvalue weighted by Gasteiger charge is 2.31. The Morgan fingerprint density at radius 2 is 1.94 bits per heavy atom. The van der Waals surface area contributed by atoms with Gasteiger partial charge in [-0.05, 0) is 50.3 Å². The van der Waals surface area contributed by atoms with Crippen LogP contribution in [0.2, 0.25) is 0 Å². The maximum Gasteiger partial charge on any atom is 0.573 e. The molecule has 31 heavy (non-hydrogen) atoms. The van der Waals surface area contributed by atoms with E-state index in [-0.39, 0.29) is 11.4 Å². The van der Waals surface area contributed by atoms with E-state index in [1.54, 1.807) is 37.3 Å². The molecule has 0 bridgehead atoms. The Hall–Kier alpha value is -4.02. The van der Waals surface area contributed by atoms with Gasteiger partial charge in [0, 0.05) is 11.3 Å². The standard InChI is InChI=1S/C20H17F3N6O2/c1-11-6-8-16(27-26-11)25-19(30)18-12(2)24-17-9-7-15(28-29(17)18)13-4-3-5-14(10-13)31-20(21,22)23/h3-10,26-27H,1-2H3,(H,25,30). The van der Waals surface area contributed by atoms with Crippen LogP contribution in [0, 0.1) is 6.92 Å². The van der Waals surface area contributed by atoms with Gasteiger partial charge in [-0.25, -0.2) is 9.50 Å². The number of rotatable bonds is 4. The number of fused-ring (bicyclic) bond motifs is 1. The van der Waals surface area contributed by atoms with Gasteiger partial charge < -0.3 is 15.5 Å². The first kappa shape index (κ1) is 20.3. The third-order valence-corrected chi connectivity index (χ3v) is 4.37. The zero-order valence-corrected chi connectivity index (χ0v) is 16.4. The molecule has 0 unspecified atom stereocenters. The molecule has 1 aliphatic heterocycles. The van der Waals surface area contributed by atoms with Crippen LogP contribution in [0.1, 0.15) is 23.1 Å². The molecule has 1 amide bonds. The summed E-state index contributed by atoms with van der Waals surface area (Å²) in [7, 11) is 0. The van der Waals surface area contributed by atoms with Gasteiger partial charge in [0.1, 0.15) is 11.6 Å². The first-order chi connectivity index (χ1) is 14.7. The Labute approximate surface area is 174 Å². The number of imidazole rings is 1. The predicted molar refractivity (Wildman–Crippen MR) is 105 cm³/mol. The summed E-state index contributed by atoms with van der Waals surface area (Å²) in [6.07, 6.45) is -1.31. The van der Waals surface area contributed by atoms with E-state index in [1.165, 1.54) is 22.7 Å². The lowest BCUT2D eigenvalue weighted by atomic mass is 10.1. The van der Waals surface area contributed by atoms with Crippen LogP contribution < -0.4 is 20.9 Å². The summed E-state index contributed by atoms with van der Waals surface area (Å²) in [5, 5.41) is 7.15. The highest BCUT2D eigenvalue weighted by Crippen LogP contribution is 2.27. The Kier molecular flexibility index (Phi) is 5.01. The van der Waals surface area contributed by atoms with Gasteiger partial charge in [-0.2, -0.15) is 5.10 Å². The molecule has 3 heterocycles. The molecule has 11 heteroatoms. The molecule has 1 aliphatic rings. The predicted octanol–water partition coefficient (Wildman–Crippen LogP) is 3.19. The number of hydrazine groups is 1. The number of benzene rings is 1. The number of aromatic nitrogens is 3. The number of amides is 1. The van der Waals surface area contributed by atoms with Gasteiger partial charge in [0.15, 0.2) is 11.3 Å². The highest BCUT2D eigenvalue weighted by atomic mass is 19.4. The van der Waals surface area contributed by atoms with Crippen molar-refractivity contribution in [2.24, 2.45) is 0 Å². The van der Waals surface area contributed by atoms with Crippen molar-refractivity contribution < 1.29 is 22.7 Å². The van der Waals surface area contributed by atoms with Crippen molar-refractivity contribution in [3.05, 3.63) is 71.5 Å². The second-order valence-electron chi connectivity index (χ2n) is 6.74. The average molecular weight is 430 g/mol. The van der Waals surface area contributed by atoms with E-state index in [2.05, 4.69) is 31.0 Å². The minimum absolute atomic E-state index is 0.202. The molecule has 4 rings (SSSR count). The van der Waals surface area contributed by atoms with E-state index in [0.717, 1.165) is 5.70 Å². The summed E-state index contributed by atoms with van der Waals surface area (Å²) in [5.41, 5.74) is 8.43. The molecule has 160 valence electrons. The van der Waals surface area contributed by atoms with Crippen molar-refractivity contribution in [2.75, 3.05) is 0 Å². The lowest BCUT2D eigenvalue weighted by Crippen LogP contribution is -2.40. The van der Waals surface area contributed by atoms with Crippen LogP contribution in [0.4, 0.5) is 13.2 Å². The van der Waals surface area contributed by atoms with Crippen molar-refractivity contribution in [2.45, 2.75) is 20.2 Å². The van der Waals surface area contributed by atoms with Gasteiger partial charge in [0.25, 0.3) is 5.91 Å². The van der Waals surface area contributed by atoms with Crippen LogP contribution >= 0.6 is 0 Å². The maximum absolute atomic E-state index is 12.9. The number of carbonyl (C=O) groups excluding carboxylic acids is 1. The lowest BCUT2D eigenvalue weighted by molar-refractivity contribution is -0.274. The Morgan fingerprint density at radius 1 is 1.13 bits per heavy atom. The topological polar surface area (TPSA) is 92.6 Å². The fourth-order valence-electron chi connectivity index (χ4n) is 3.02. The number of hydrogen-bond donors (Lipinski definition) is 3. The van der Waals surface area contributed by atoms with E-state index in [0.29, 0.717) is 28.4 Å². The first-order valence-electron chi connectivity index (χ1n) is 9.14. The smallest absolute Gasteiger partial charge is 0.406 e. The normalized spacial score (nSPS) is 13.7. The van der Waals surface area contributed by atoms with Gasteiger partial charge in [-0.3, -0.25) is 10.2 Å². The van der Waals surface area contributed by atoms with Gasteiger partial charge >= 0.3 is 6.36 Å². The number of aryl methyl sites for hydroxylation is 1. The number of ether oxygens (including phenoxy) is 1. The molecule has 0 radical (unpaired) electrons. The van der Waals surface area contributed by atoms with Crippen molar-refractivity contribution in [3.8, 4) is 17.0 Å². The molecule has 0 fully saturated rings. The van der Waals surface area contributed by atoms with Gasteiger partial charge in [-0.15, -0.1) is 13.2 Å². The molecule has 0 atom stereocenters. The van der Waals surface area contributed by atoms with E-state index < -0.39 is 12.3 Å². The third kappa shape index (κ3) is 4.44. The van der Waals surface area contributed by atoms with Crippen molar-refractivity contribution >= 4 is 11.6 Å². The zero-order valence-electron chi connectivity index (χ0n) is 16.4. The van der Waals surface area contributed by atoms with Crippen LogP contribution in [0.15, 0.2) is 60.1 Å². The highest BCUT2D eigenvalue weighted by molar-refractivity contribution is 5.95. The van der Waals surface area contributed by atoms with E-state index in [1.807, 2.05) is 6.92 Å². The fourth-order valence-corrected chi connectivity index (χ4v) is 3.02. The summed E-state index contributed by atoms with van der Waals surface area (Å²) in [6, 6.07) is 8.69. The maximum atomic E-state index is 12.9. The summed E-state index contributed by atoms with van der Waals surface area (Å²) in [4.78, 5) is 17.2. The summed E-state index contributed by atoms with van der Waals surface area (Å²) in [5.74, 6) is -0.367. The second kappa shape index (κ2) is 7.67. The molecule has 0 saturated heterocycles. The number of halogens is 3. The summed E-state index contributed by atoms with van der Waals surface area (Å²) < 4.78 is 42.9. The van der Waals surface area contributed by atoms with Gasteiger partial charge in [-0.1, -0.05) is 12.1 Å². The molecule has 2 aromatic heterocycles. The number of nitrogens with zero attached hydrogens (tertiary/aromatic N) is 3. The largest absolute Gasteiger partial charge is 0.573 e. The average Bonchev–Trinajstić information content (AvgIpc) is 3.03.